The van der Waals surface area contributed by atoms with Gasteiger partial charge in [-0.1, -0.05) is 0 Å². The smallest absolute Gasteiger partial charge is 0.295 e. The molecule has 3 rings (SSSR count). The molecule has 33 heavy (non-hydrogen) atoms. The van der Waals surface area contributed by atoms with Crippen molar-refractivity contribution in [2.24, 2.45) is 0 Å². The Morgan fingerprint density at radius 2 is 1.70 bits per heavy atom. The van der Waals surface area contributed by atoms with Gasteiger partial charge in [-0.2, -0.15) is 0 Å². The van der Waals surface area contributed by atoms with Gasteiger partial charge in [0.1, 0.15) is 23.0 Å². The zero-order chi connectivity index (χ0) is 24.3. The zero-order valence-corrected chi connectivity index (χ0v) is 19.8. The van der Waals surface area contributed by atoms with Crippen LogP contribution in [0, 0.1) is 6.92 Å². The van der Waals surface area contributed by atoms with Crippen LogP contribution in [-0.4, -0.2) is 75.1 Å². The Kier molecular flexibility index (Phi) is 7.28. The Morgan fingerprint density at radius 3 is 2.27 bits per heavy atom. The minimum absolute atomic E-state index is 0.0202. The number of Topliss-reactive ketones (excluding diaryl/α,β-unsaturated/α-hetero) is 1. The molecule has 1 N–H and O–H groups in total. The third-order valence-electron chi connectivity index (χ3n) is 5.73. The van der Waals surface area contributed by atoms with E-state index >= 15 is 0 Å². The van der Waals surface area contributed by atoms with Gasteiger partial charge in [0.15, 0.2) is 0 Å². The summed E-state index contributed by atoms with van der Waals surface area (Å²) < 4.78 is 16.2. The van der Waals surface area contributed by atoms with Crippen LogP contribution in [0.3, 0.4) is 0 Å². The summed E-state index contributed by atoms with van der Waals surface area (Å²) in [4.78, 5) is 29.6. The van der Waals surface area contributed by atoms with E-state index in [1.54, 1.807) is 50.6 Å². The SMILES string of the molecule is COc1ccc([C@@H]2/C(=C(\O)c3ccc(OC)c(C)c3)C(=O)C(=O)N2CCN(C)C)c(OC)c1. The number of aliphatic hydroxyl groups excluding tert-OH is 1. The predicted octanol–water partition coefficient (Wildman–Crippen LogP) is 3.00. The van der Waals surface area contributed by atoms with Crippen molar-refractivity contribution in [2.45, 2.75) is 13.0 Å². The number of ether oxygens (including phenoxy) is 3. The molecule has 176 valence electrons. The van der Waals surface area contributed by atoms with Crippen molar-refractivity contribution in [2.75, 3.05) is 48.5 Å². The highest BCUT2D eigenvalue weighted by Gasteiger charge is 2.47. The minimum Gasteiger partial charge on any atom is -0.507 e. The van der Waals surface area contributed by atoms with E-state index in [0.717, 1.165) is 5.56 Å². The summed E-state index contributed by atoms with van der Waals surface area (Å²) in [7, 11) is 8.40. The van der Waals surface area contributed by atoms with Crippen LogP contribution in [-0.2, 0) is 9.59 Å². The molecule has 1 atom stereocenters. The van der Waals surface area contributed by atoms with Crippen molar-refractivity contribution in [1.29, 1.82) is 0 Å². The predicted molar refractivity (Wildman–Crippen MR) is 125 cm³/mol. The molecule has 1 fully saturated rings. The molecule has 0 spiro atoms. The molecular weight excluding hydrogens is 424 g/mol. The third kappa shape index (κ3) is 4.66. The minimum atomic E-state index is -0.812. The first kappa shape index (κ1) is 24.1. The van der Waals surface area contributed by atoms with Gasteiger partial charge < -0.3 is 29.1 Å². The molecule has 1 saturated heterocycles. The molecule has 0 aromatic heterocycles. The average molecular weight is 455 g/mol. The number of likely N-dealkylation sites (tertiary alicyclic amines) is 1. The van der Waals surface area contributed by atoms with E-state index in [4.69, 9.17) is 14.2 Å². The van der Waals surface area contributed by atoms with Crippen molar-refractivity contribution in [3.63, 3.8) is 0 Å². The monoisotopic (exact) mass is 454 g/mol. The van der Waals surface area contributed by atoms with Crippen molar-refractivity contribution < 1.29 is 28.9 Å². The van der Waals surface area contributed by atoms with Crippen LogP contribution in [0.4, 0.5) is 0 Å². The van der Waals surface area contributed by atoms with Gasteiger partial charge in [-0.05, 0) is 56.9 Å². The molecule has 2 aromatic rings. The summed E-state index contributed by atoms with van der Waals surface area (Å²) in [6, 6.07) is 9.48. The fourth-order valence-electron chi connectivity index (χ4n) is 3.97. The van der Waals surface area contributed by atoms with E-state index in [1.807, 2.05) is 25.9 Å². The molecule has 0 unspecified atom stereocenters. The van der Waals surface area contributed by atoms with E-state index in [2.05, 4.69) is 0 Å². The second kappa shape index (κ2) is 9.95. The maximum absolute atomic E-state index is 13.2. The van der Waals surface area contributed by atoms with Gasteiger partial charge in [0.25, 0.3) is 11.7 Å². The van der Waals surface area contributed by atoms with Gasteiger partial charge in [-0.25, -0.2) is 0 Å². The number of aryl methyl sites for hydroxylation is 1. The van der Waals surface area contributed by atoms with Gasteiger partial charge in [0.2, 0.25) is 0 Å². The first-order chi connectivity index (χ1) is 15.7. The molecule has 2 aromatic carbocycles. The Morgan fingerprint density at radius 1 is 1.00 bits per heavy atom. The highest BCUT2D eigenvalue weighted by Crippen LogP contribution is 2.43. The first-order valence-corrected chi connectivity index (χ1v) is 10.5. The summed E-state index contributed by atoms with van der Waals surface area (Å²) in [5.41, 5.74) is 1.83. The maximum atomic E-state index is 13.2. The van der Waals surface area contributed by atoms with E-state index in [9.17, 15) is 14.7 Å². The summed E-state index contributed by atoms with van der Waals surface area (Å²) in [6.07, 6.45) is 0. The van der Waals surface area contributed by atoms with Crippen LogP contribution in [0.2, 0.25) is 0 Å². The number of methoxy groups -OCH3 is 3. The normalized spacial score (nSPS) is 17.5. The van der Waals surface area contributed by atoms with Gasteiger partial charge in [-0.3, -0.25) is 9.59 Å². The standard InChI is InChI=1S/C25H30N2O6/c1-15-13-16(7-10-19(15)32-5)23(28)21-22(18-9-8-17(31-4)14-20(18)33-6)27(12-11-26(2)3)25(30)24(21)29/h7-10,13-14,22,28H,11-12H2,1-6H3/b23-21+/t22-/m1/s1. The van der Waals surface area contributed by atoms with Crippen LogP contribution in [0.5, 0.6) is 17.2 Å². The van der Waals surface area contributed by atoms with E-state index in [0.29, 0.717) is 41.5 Å². The van der Waals surface area contributed by atoms with Crippen molar-refractivity contribution >= 4 is 17.4 Å². The van der Waals surface area contributed by atoms with Gasteiger partial charge >= 0.3 is 0 Å². The Labute approximate surface area is 194 Å². The highest BCUT2D eigenvalue weighted by molar-refractivity contribution is 6.46. The molecule has 1 aliphatic heterocycles. The average Bonchev–Trinajstić information content (AvgIpc) is 3.06. The number of nitrogens with zero attached hydrogens (tertiary/aromatic N) is 2. The van der Waals surface area contributed by atoms with E-state index < -0.39 is 17.7 Å². The number of carbonyl (C=O) groups excluding carboxylic acids is 2. The topological polar surface area (TPSA) is 88.5 Å². The summed E-state index contributed by atoms with van der Waals surface area (Å²) in [5, 5.41) is 11.3. The van der Waals surface area contributed by atoms with Gasteiger partial charge in [0, 0.05) is 30.3 Å². The molecule has 8 heteroatoms. The molecule has 8 nitrogen and oxygen atoms in total. The van der Waals surface area contributed by atoms with Crippen molar-refractivity contribution in [3.05, 3.63) is 58.7 Å². The Balaban J connectivity index is 2.22. The number of hydrogen-bond acceptors (Lipinski definition) is 7. The molecule has 0 saturated carbocycles. The fraction of sp³-hybridized carbons (Fsp3) is 0.360. The lowest BCUT2D eigenvalue weighted by Gasteiger charge is -2.27. The molecule has 0 radical (unpaired) electrons. The number of likely N-dealkylation sites (N-methyl/N-ethyl adjacent to an activating group) is 1. The van der Waals surface area contributed by atoms with Crippen LogP contribution in [0.25, 0.3) is 5.76 Å². The number of hydrogen-bond donors (Lipinski definition) is 1. The molecule has 1 heterocycles. The van der Waals surface area contributed by atoms with Gasteiger partial charge in [0.05, 0.1) is 32.9 Å². The molecule has 1 amide bonds. The molecular formula is C25H30N2O6. The second-order valence-corrected chi connectivity index (χ2v) is 8.09. The second-order valence-electron chi connectivity index (χ2n) is 8.09. The maximum Gasteiger partial charge on any atom is 0.295 e. The lowest BCUT2D eigenvalue weighted by Crippen LogP contribution is -2.35. The lowest BCUT2D eigenvalue weighted by molar-refractivity contribution is -0.140. The summed E-state index contributed by atoms with van der Waals surface area (Å²) >= 11 is 0. The molecule has 1 aliphatic rings. The lowest BCUT2D eigenvalue weighted by atomic mass is 9.94. The largest absolute Gasteiger partial charge is 0.507 e. The molecule has 0 aliphatic carbocycles. The van der Waals surface area contributed by atoms with Crippen LogP contribution >= 0.6 is 0 Å². The molecule has 0 bridgehead atoms. The third-order valence-corrected chi connectivity index (χ3v) is 5.73. The number of ketones is 1. The zero-order valence-electron chi connectivity index (χ0n) is 19.8. The summed E-state index contributed by atoms with van der Waals surface area (Å²) in [5.74, 6) is 0.0503. The quantitative estimate of drug-likeness (QED) is 0.373. The number of rotatable bonds is 8. The fourth-order valence-corrected chi connectivity index (χ4v) is 3.97. The Hall–Kier alpha value is -3.52. The first-order valence-electron chi connectivity index (χ1n) is 10.5. The number of benzene rings is 2. The number of aliphatic hydroxyl groups is 1. The van der Waals surface area contributed by atoms with Crippen molar-refractivity contribution in [3.8, 4) is 17.2 Å². The van der Waals surface area contributed by atoms with E-state index in [1.165, 1.54) is 12.0 Å². The van der Waals surface area contributed by atoms with Gasteiger partial charge in [-0.15, -0.1) is 0 Å². The number of amides is 1. The van der Waals surface area contributed by atoms with E-state index in [-0.39, 0.29) is 11.3 Å². The highest BCUT2D eigenvalue weighted by atomic mass is 16.5. The van der Waals surface area contributed by atoms with Crippen LogP contribution in [0.1, 0.15) is 22.7 Å². The Bertz CT molecular complexity index is 1090. The number of carbonyl (C=O) groups is 2. The van der Waals surface area contributed by atoms with Crippen LogP contribution < -0.4 is 14.2 Å². The van der Waals surface area contributed by atoms with Crippen LogP contribution in [0.15, 0.2) is 42.0 Å². The van der Waals surface area contributed by atoms with Crippen molar-refractivity contribution in [1.82, 2.24) is 9.80 Å². The summed E-state index contributed by atoms with van der Waals surface area (Å²) in [6.45, 7) is 2.69.